The molecule has 19 heavy (non-hydrogen) atoms. The van der Waals surface area contributed by atoms with Crippen LogP contribution in [0.3, 0.4) is 0 Å². The van der Waals surface area contributed by atoms with Gasteiger partial charge in [-0.3, -0.25) is 0 Å². The van der Waals surface area contributed by atoms with Crippen molar-refractivity contribution in [3.63, 3.8) is 0 Å². The quantitative estimate of drug-likeness (QED) is 0.887. The molecule has 2 heterocycles. The number of ether oxygens (including phenoxy) is 1. The molecule has 0 bridgehead atoms. The molecule has 6 heteroatoms. The van der Waals surface area contributed by atoms with Gasteiger partial charge in [-0.25, -0.2) is 9.78 Å². The van der Waals surface area contributed by atoms with Gasteiger partial charge in [-0.05, 0) is 26.7 Å². The maximum atomic E-state index is 11.8. The van der Waals surface area contributed by atoms with Gasteiger partial charge in [0, 0.05) is 31.0 Å². The van der Waals surface area contributed by atoms with Gasteiger partial charge >= 0.3 is 6.03 Å². The first-order chi connectivity index (χ1) is 9.05. The summed E-state index contributed by atoms with van der Waals surface area (Å²) in [6.45, 7) is 5.43. The fourth-order valence-corrected chi connectivity index (χ4v) is 2.85. The Bertz CT molecular complexity index is 406. The fraction of sp³-hybridized carbons (Fsp3) is 0.692. The highest BCUT2D eigenvalue weighted by molar-refractivity contribution is 7.07. The molecule has 1 aromatic rings. The molecule has 0 saturated carbocycles. The molecular weight excluding hydrogens is 262 g/mol. The second-order valence-corrected chi connectivity index (χ2v) is 6.15. The Hall–Kier alpha value is -1.14. The molecule has 1 fully saturated rings. The third-order valence-electron chi connectivity index (χ3n) is 3.18. The molecule has 0 radical (unpaired) electrons. The summed E-state index contributed by atoms with van der Waals surface area (Å²) in [5, 5.41) is 7.88. The van der Waals surface area contributed by atoms with Gasteiger partial charge in [0.25, 0.3) is 0 Å². The Morgan fingerprint density at radius 1 is 1.63 bits per heavy atom. The van der Waals surface area contributed by atoms with E-state index in [2.05, 4.69) is 29.5 Å². The van der Waals surface area contributed by atoms with Crippen LogP contribution >= 0.6 is 11.3 Å². The second-order valence-electron chi connectivity index (χ2n) is 5.43. The minimum absolute atomic E-state index is 0.0991. The van der Waals surface area contributed by atoms with Crippen LogP contribution in [0.1, 0.15) is 32.4 Å². The van der Waals surface area contributed by atoms with Crippen LogP contribution in [0, 0.1) is 0 Å². The first-order valence-corrected chi connectivity index (χ1v) is 7.55. The molecular formula is C13H21N3O2S. The molecule has 1 unspecified atom stereocenters. The van der Waals surface area contributed by atoms with Gasteiger partial charge in [0.05, 0.1) is 16.8 Å². The van der Waals surface area contributed by atoms with E-state index >= 15 is 0 Å². The van der Waals surface area contributed by atoms with E-state index in [0.29, 0.717) is 13.2 Å². The lowest BCUT2D eigenvalue weighted by atomic mass is 9.94. The van der Waals surface area contributed by atoms with Gasteiger partial charge in [0.1, 0.15) is 0 Å². The van der Waals surface area contributed by atoms with Gasteiger partial charge < -0.3 is 15.4 Å². The summed E-state index contributed by atoms with van der Waals surface area (Å²) in [6.07, 6.45) is 2.51. The highest BCUT2D eigenvalue weighted by Crippen LogP contribution is 2.23. The smallest absolute Gasteiger partial charge is 0.315 e. The van der Waals surface area contributed by atoms with Crippen molar-refractivity contribution < 1.29 is 9.53 Å². The van der Waals surface area contributed by atoms with E-state index in [9.17, 15) is 4.79 Å². The van der Waals surface area contributed by atoms with Crippen LogP contribution in [-0.4, -0.2) is 35.8 Å². The molecule has 2 rings (SSSR count). The minimum atomic E-state index is -0.142. The zero-order chi connectivity index (χ0) is 13.7. The molecule has 0 spiro atoms. The van der Waals surface area contributed by atoms with Crippen LogP contribution < -0.4 is 10.6 Å². The zero-order valence-corrected chi connectivity index (χ0v) is 12.3. The van der Waals surface area contributed by atoms with E-state index in [1.54, 1.807) is 16.8 Å². The molecule has 0 aromatic carbocycles. The van der Waals surface area contributed by atoms with E-state index in [1.807, 2.05) is 5.38 Å². The van der Waals surface area contributed by atoms with Crippen molar-refractivity contribution in [1.29, 1.82) is 0 Å². The van der Waals surface area contributed by atoms with Gasteiger partial charge in [-0.15, -0.1) is 11.3 Å². The van der Waals surface area contributed by atoms with Crippen molar-refractivity contribution in [1.82, 2.24) is 15.6 Å². The number of aromatic nitrogens is 1. The number of nitrogens with one attached hydrogen (secondary N) is 2. The topological polar surface area (TPSA) is 63.2 Å². The maximum absolute atomic E-state index is 11.8. The van der Waals surface area contributed by atoms with E-state index in [4.69, 9.17) is 4.74 Å². The number of thiazole rings is 1. The Morgan fingerprint density at radius 3 is 3.16 bits per heavy atom. The lowest BCUT2D eigenvalue weighted by Gasteiger charge is -2.35. The summed E-state index contributed by atoms with van der Waals surface area (Å²) in [5.41, 5.74) is 2.69. The van der Waals surface area contributed by atoms with Gasteiger partial charge in [-0.2, -0.15) is 0 Å². The van der Waals surface area contributed by atoms with Crippen LogP contribution in [0.5, 0.6) is 0 Å². The Morgan fingerprint density at radius 2 is 2.47 bits per heavy atom. The predicted molar refractivity (Wildman–Crippen MR) is 75.4 cm³/mol. The van der Waals surface area contributed by atoms with Gasteiger partial charge in [-0.1, -0.05) is 0 Å². The SMILES string of the molecule is CC1(C)CC(NC(=O)NCCc2cscn2)CCO1. The van der Waals surface area contributed by atoms with Crippen LogP contribution in [0.25, 0.3) is 0 Å². The summed E-state index contributed by atoms with van der Waals surface area (Å²) in [4.78, 5) is 15.9. The van der Waals surface area contributed by atoms with Crippen LogP contribution in [0.15, 0.2) is 10.9 Å². The fourth-order valence-electron chi connectivity index (χ4n) is 2.26. The first kappa shape index (κ1) is 14.3. The predicted octanol–water partition coefficient (Wildman–Crippen LogP) is 1.94. The number of carbonyl (C=O) groups is 1. The van der Waals surface area contributed by atoms with Crippen molar-refractivity contribution in [2.75, 3.05) is 13.2 Å². The number of hydrogen-bond acceptors (Lipinski definition) is 4. The standard InChI is InChI=1S/C13H21N3O2S/c1-13(2)7-10(4-6-18-13)16-12(17)14-5-3-11-8-19-9-15-11/h8-10H,3-7H2,1-2H3,(H2,14,16,17). The Kier molecular flexibility index (Phi) is 4.76. The third kappa shape index (κ3) is 4.80. The minimum Gasteiger partial charge on any atom is -0.375 e. The summed E-state index contributed by atoms with van der Waals surface area (Å²) in [6, 6.07) is 0.0981. The van der Waals surface area contributed by atoms with Crippen LogP contribution in [-0.2, 0) is 11.2 Å². The molecule has 2 N–H and O–H groups in total. The number of rotatable bonds is 4. The number of hydrogen-bond donors (Lipinski definition) is 2. The Labute approximate surface area is 117 Å². The molecule has 1 aromatic heterocycles. The lowest BCUT2D eigenvalue weighted by molar-refractivity contribution is -0.0611. The summed E-state index contributed by atoms with van der Waals surface area (Å²) >= 11 is 1.57. The monoisotopic (exact) mass is 283 g/mol. The molecule has 106 valence electrons. The lowest BCUT2D eigenvalue weighted by Crippen LogP contribution is -2.49. The summed E-state index contributed by atoms with van der Waals surface area (Å²) in [7, 11) is 0. The second kappa shape index (κ2) is 6.34. The molecule has 2 amide bonds. The van der Waals surface area contributed by atoms with Crippen LogP contribution in [0.2, 0.25) is 0 Å². The molecule has 1 atom stereocenters. The highest BCUT2D eigenvalue weighted by atomic mass is 32.1. The number of nitrogens with zero attached hydrogens (tertiary/aromatic N) is 1. The van der Waals surface area contributed by atoms with E-state index < -0.39 is 0 Å². The molecule has 1 saturated heterocycles. The van der Waals surface area contributed by atoms with Crippen molar-refractivity contribution in [3.8, 4) is 0 Å². The summed E-state index contributed by atoms with van der Waals surface area (Å²) < 4.78 is 5.63. The third-order valence-corrected chi connectivity index (χ3v) is 3.82. The molecule has 5 nitrogen and oxygen atoms in total. The van der Waals surface area contributed by atoms with E-state index in [-0.39, 0.29) is 17.7 Å². The molecule has 1 aliphatic heterocycles. The summed E-state index contributed by atoms with van der Waals surface area (Å²) in [5.74, 6) is 0. The maximum Gasteiger partial charge on any atom is 0.315 e. The molecule has 1 aliphatic rings. The Balaban J connectivity index is 1.66. The number of urea groups is 1. The average Bonchev–Trinajstić information content (AvgIpc) is 2.80. The van der Waals surface area contributed by atoms with E-state index in [0.717, 1.165) is 25.0 Å². The largest absolute Gasteiger partial charge is 0.375 e. The highest BCUT2D eigenvalue weighted by Gasteiger charge is 2.29. The first-order valence-electron chi connectivity index (χ1n) is 6.60. The van der Waals surface area contributed by atoms with E-state index in [1.165, 1.54) is 0 Å². The zero-order valence-electron chi connectivity index (χ0n) is 11.4. The van der Waals surface area contributed by atoms with Crippen molar-refractivity contribution in [2.24, 2.45) is 0 Å². The van der Waals surface area contributed by atoms with Gasteiger partial charge in [0.2, 0.25) is 0 Å². The normalized spacial score (nSPS) is 21.9. The number of carbonyl (C=O) groups excluding carboxylic acids is 1. The van der Waals surface area contributed by atoms with Crippen molar-refractivity contribution in [3.05, 3.63) is 16.6 Å². The number of amides is 2. The average molecular weight is 283 g/mol. The van der Waals surface area contributed by atoms with Crippen LogP contribution in [0.4, 0.5) is 4.79 Å². The van der Waals surface area contributed by atoms with Gasteiger partial charge in [0.15, 0.2) is 0 Å². The van der Waals surface area contributed by atoms with Crippen molar-refractivity contribution in [2.45, 2.75) is 44.8 Å². The molecule has 0 aliphatic carbocycles. The van der Waals surface area contributed by atoms with Crippen molar-refractivity contribution >= 4 is 17.4 Å².